The first-order valence-corrected chi connectivity index (χ1v) is 4.95. The number of alkyl halides is 2. The lowest BCUT2D eigenvalue weighted by Crippen LogP contribution is -1.98. The van der Waals surface area contributed by atoms with Crippen molar-refractivity contribution in [1.29, 1.82) is 0 Å². The van der Waals surface area contributed by atoms with Crippen LogP contribution in [0, 0.1) is 13.8 Å². The van der Waals surface area contributed by atoms with E-state index in [-0.39, 0.29) is 5.69 Å². The summed E-state index contributed by atoms with van der Waals surface area (Å²) in [7, 11) is 0. The first-order chi connectivity index (χ1) is 7.50. The van der Waals surface area contributed by atoms with Crippen molar-refractivity contribution in [2.24, 2.45) is 0 Å². The van der Waals surface area contributed by atoms with Gasteiger partial charge in [0.25, 0.3) is 6.43 Å². The van der Waals surface area contributed by atoms with Gasteiger partial charge in [-0.05, 0) is 31.0 Å². The third kappa shape index (κ3) is 1.60. The molecule has 0 saturated heterocycles. The minimum Gasteiger partial charge on any atom is -0.398 e. The van der Waals surface area contributed by atoms with Crippen molar-refractivity contribution in [2.45, 2.75) is 20.3 Å². The molecule has 0 atom stereocenters. The summed E-state index contributed by atoms with van der Waals surface area (Å²) in [6.45, 7) is 3.78. The van der Waals surface area contributed by atoms with E-state index < -0.39 is 6.43 Å². The summed E-state index contributed by atoms with van der Waals surface area (Å²) in [6, 6.07) is 4.97. The zero-order chi connectivity index (χ0) is 11.9. The van der Waals surface area contributed by atoms with Gasteiger partial charge in [-0.15, -0.1) is 0 Å². The number of nitrogens with two attached hydrogens (primary N) is 1. The Kier molecular flexibility index (Phi) is 2.50. The Labute approximate surface area is 92.1 Å². The Balaban J connectivity index is 2.83. The van der Waals surface area contributed by atoms with Gasteiger partial charge in [0, 0.05) is 11.1 Å². The lowest BCUT2D eigenvalue weighted by molar-refractivity contribution is 0.146. The molecule has 1 heterocycles. The molecule has 0 unspecified atom stereocenters. The second-order valence-electron chi connectivity index (χ2n) is 3.84. The standard InChI is InChI=1S/C12H12F2N2/c1-6-3-4-8-9(15)5-10(12(13)14)16-11(8)7(6)2/h3-5,12H,1-2H3,(H2,15,16). The van der Waals surface area contributed by atoms with E-state index in [1.807, 2.05) is 26.0 Å². The smallest absolute Gasteiger partial charge is 0.280 e. The van der Waals surface area contributed by atoms with Gasteiger partial charge in [-0.25, -0.2) is 13.8 Å². The van der Waals surface area contributed by atoms with Crippen LogP contribution in [0.15, 0.2) is 18.2 Å². The molecule has 0 aliphatic rings. The molecule has 0 radical (unpaired) electrons. The van der Waals surface area contributed by atoms with Crippen LogP contribution in [0.2, 0.25) is 0 Å². The average molecular weight is 222 g/mol. The van der Waals surface area contributed by atoms with Gasteiger partial charge in [-0.3, -0.25) is 0 Å². The number of nitrogen functional groups attached to an aromatic ring is 1. The zero-order valence-corrected chi connectivity index (χ0v) is 9.09. The Morgan fingerprint density at radius 3 is 2.56 bits per heavy atom. The fourth-order valence-corrected chi connectivity index (χ4v) is 1.69. The number of rotatable bonds is 1. The molecule has 0 aliphatic carbocycles. The molecule has 16 heavy (non-hydrogen) atoms. The number of halogens is 2. The first-order valence-electron chi connectivity index (χ1n) is 4.95. The Hall–Kier alpha value is -1.71. The van der Waals surface area contributed by atoms with E-state index in [1.165, 1.54) is 6.07 Å². The lowest BCUT2D eigenvalue weighted by Gasteiger charge is -2.09. The highest BCUT2D eigenvalue weighted by Crippen LogP contribution is 2.28. The number of pyridine rings is 1. The van der Waals surface area contributed by atoms with Gasteiger partial charge in [0.1, 0.15) is 5.69 Å². The summed E-state index contributed by atoms with van der Waals surface area (Å²) in [5.74, 6) is 0. The van der Waals surface area contributed by atoms with Crippen molar-refractivity contribution >= 4 is 16.6 Å². The summed E-state index contributed by atoms with van der Waals surface area (Å²) < 4.78 is 25.2. The highest BCUT2D eigenvalue weighted by Gasteiger charge is 2.13. The minimum absolute atomic E-state index is 0.265. The maximum Gasteiger partial charge on any atom is 0.280 e. The number of aromatic nitrogens is 1. The van der Waals surface area contributed by atoms with Crippen molar-refractivity contribution in [3.8, 4) is 0 Å². The highest BCUT2D eigenvalue weighted by atomic mass is 19.3. The van der Waals surface area contributed by atoms with Crippen molar-refractivity contribution in [2.75, 3.05) is 5.73 Å². The Bertz CT molecular complexity index is 550. The van der Waals surface area contributed by atoms with E-state index in [0.717, 1.165) is 16.5 Å². The molecule has 2 rings (SSSR count). The third-order valence-electron chi connectivity index (χ3n) is 2.78. The summed E-state index contributed by atoms with van der Waals surface area (Å²) in [4.78, 5) is 3.97. The van der Waals surface area contributed by atoms with Crippen LogP contribution in [0.3, 0.4) is 0 Å². The van der Waals surface area contributed by atoms with E-state index in [4.69, 9.17) is 5.73 Å². The van der Waals surface area contributed by atoms with Gasteiger partial charge in [0.15, 0.2) is 0 Å². The molecule has 1 aromatic heterocycles. The van der Waals surface area contributed by atoms with Crippen LogP contribution in [-0.4, -0.2) is 4.98 Å². The molecule has 0 aliphatic heterocycles. The lowest BCUT2D eigenvalue weighted by atomic mass is 10.0. The predicted molar refractivity (Wildman–Crippen MR) is 60.6 cm³/mol. The van der Waals surface area contributed by atoms with Gasteiger partial charge in [-0.1, -0.05) is 12.1 Å². The molecule has 0 amide bonds. The van der Waals surface area contributed by atoms with Crippen molar-refractivity contribution in [3.05, 3.63) is 35.0 Å². The maximum atomic E-state index is 12.6. The monoisotopic (exact) mass is 222 g/mol. The number of hydrogen-bond acceptors (Lipinski definition) is 2. The molecule has 2 nitrogen and oxygen atoms in total. The molecule has 0 saturated carbocycles. The van der Waals surface area contributed by atoms with Gasteiger partial charge >= 0.3 is 0 Å². The Morgan fingerprint density at radius 2 is 1.94 bits per heavy atom. The summed E-state index contributed by atoms with van der Waals surface area (Å²) in [5.41, 5.74) is 8.31. The molecular formula is C12H12F2N2. The van der Waals surface area contributed by atoms with E-state index in [1.54, 1.807) is 0 Å². The van der Waals surface area contributed by atoms with Gasteiger partial charge in [0.05, 0.1) is 5.52 Å². The first kappa shape index (κ1) is 10.8. The fourth-order valence-electron chi connectivity index (χ4n) is 1.69. The van der Waals surface area contributed by atoms with Crippen LogP contribution in [0.25, 0.3) is 10.9 Å². The van der Waals surface area contributed by atoms with E-state index in [9.17, 15) is 8.78 Å². The van der Waals surface area contributed by atoms with Crippen LogP contribution in [0.5, 0.6) is 0 Å². The normalized spacial score (nSPS) is 11.3. The summed E-state index contributed by atoms with van der Waals surface area (Å²) in [5, 5.41) is 0.729. The quantitative estimate of drug-likeness (QED) is 0.803. The number of nitrogens with zero attached hydrogens (tertiary/aromatic N) is 1. The summed E-state index contributed by atoms with van der Waals surface area (Å²) in [6.07, 6.45) is -2.59. The molecule has 1 aromatic carbocycles. The second kappa shape index (κ2) is 3.70. The fraction of sp³-hybridized carbons (Fsp3) is 0.250. The maximum absolute atomic E-state index is 12.6. The van der Waals surface area contributed by atoms with Gasteiger partial charge < -0.3 is 5.73 Å². The van der Waals surface area contributed by atoms with Crippen LogP contribution < -0.4 is 5.73 Å². The number of anilines is 1. The number of hydrogen-bond donors (Lipinski definition) is 1. The van der Waals surface area contributed by atoms with Gasteiger partial charge in [-0.2, -0.15) is 0 Å². The molecule has 0 spiro atoms. The van der Waals surface area contributed by atoms with Crippen LogP contribution in [0.1, 0.15) is 23.2 Å². The van der Waals surface area contributed by atoms with Crippen LogP contribution in [-0.2, 0) is 0 Å². The van der Waals surface area contributed by atoms with E-state index >= 15 is 0 Å². The SMILES string of the molecule is Cc1ccc2c(N)cc(C(F)F)nc2c1C. The molecule has 4 heteroatoms. The van der Waals surface area contributed by atoms with Crippen molar-refractivity contribution in [1.82, 2.24) is 4.98 Å². The highest BCUT2D eigenvalue weighted by molar-refractivity contribution is 5.92. The minimum atomic E-state index is -2.59. The van der Waals surface area contributed by atoms with Crippen molar-refractivity contribution in [3.63, 3.8) is 0 Å². The number of fused-ring (bicyclic) bond motifs is 1. The molecule has 84 valence electrons. The average Bonchev–Trinajstić information content (AvgIpc) is 2.23. The largest absolute Gasteiger partial charge is 0.398 e. The van der Waals surface area contributed by atoms with E-state index in [0.29, 0.717) is 11.2 Å². The van der Waals surface area contributed by atoms with Gasteiger partial charge in [0.2, 0.25) is 0 Å². The summed E-state index contributed by atoms with van der Waals surface area (Å²) >= 11 is 0. The Morgan fingerprint density at radius 1 is 1.25 bits per heavy atom. The third-order valence-corrected chi connectivity index (χ3v) is 2.78. The van der Waals surface area contributed by atoms with Crippen LogP contribution >= 0.6 is 0 Å². The topological polar surface area (TPSA) is 38.9 Å². The number of benzene rings is 1. The second-order valence-corrected chi connectivity index (χ2v) is 3.84. The molecule has 2 N–H and O–H groups in total. The molecule has 2 aromatic rings. The van der Waals surface area contributed by atoms with E-state index in [2.05, 4.69) is 4.98 Å². The number of aryl methyl sites for hydroxylation is 2. The molecule has 0 fully saturated rings. The predicted octanol–water partition coefficient (Wildman–Crippen LogP) is 3.37. The molecular weight excluding hydrogens is 210 g/mol. The van der Waals surface area contributed by atoms with Crippen molar-refractivity contribution < 1.29 is 8.78 Å². The molecule has 0 bridgehead atoms. The zero-order valence-electron chi connectivity index (χ0n) is 9.09. The van der Waals surface area contributed by atoms with Crippen LogP contribution in [0.4, 0.5) is 14.5 Å².